The van der Waals surface area contributed by atoms with Crippen LogP contribution in [-0.4, -0.2) is 33.0 Å². The molecule has 2 N–H and O–H groups in total. The maximum absolute atomic E-state index is 12.1. The minimum absolute atomic E-state index is 0.302. The molecule has 1 aromatic heterocycles. The SMILES string of the molecule is CN1c2ccccc2C(=C/C=C2\CCC(/C=C/c3c4cc(S(=O)(=O)O)ccc4[n+](C)c4ccc(S(=O)(=O)O)cc34)=C2Cl)c2ccccc21. The fourth-order valence-electron chi connectivity index (χ4n) is 6.64. The first-order chi connectivity index (χ1) is 22.8. The van der Waals surface area contributed by atoms with E-state index in [4.69, 9.17) is 11.6 Å². The number of nitrogens with zero attached hydrogens (tertiary/aromatic N) is 2. The Morgan fingerprint density at radius 3 is 1.77 bits per heavy atom. The first-order valence-corrected chi connectivity index (χ1v) is 18.3. The Bertz CT molecular complexity index is 2410. The minimum atomic E-state index is -4.53. The molecule has 242 valence electrons. The monoisotopic (exact) mass is 697 g/mol. The Morgan fingerprint density at radius 2 is 1.25 bits per heavy atom. The van der Waals surface area contributed by atoms with Crippen molar-refractivity contribution in [2.75, 3.05) is 11.9 Å². The van der Waals surface area contributed by atoms with Gasteiger partial charge >= 0.3 is 0 Å². The highest BCUT2D eigenvalue weighted by molar-refractivity contribution is 7.86. The van der Waals surface area contributed by atoms with Crippen molar-refractivity contribution in [2.24, 2.45) is 7.05 Å². The third-order valence-electron chi connectivity index (χ3n) is 9.08. The lowest BCUT2D eigenvalue weighted by molar-refractivity contribution is -0.617. The van der Waals surface area contributed by atoms with Crippen molar-refractivity contribution in [3.8, 4) is 0 Å². The van der Waals surface area contributed by atoms with Crippen molar-refractivity contribution in [1.29, 1.82) is 0 Å². The lowest BCUT2D eigenvalue weighted by Gasteiger charge is -2.31. The van der Waals surface area contributed by atoms with Gasteiger partial charge in [-0.3, -0.25) is 9.11 Å². The Balaban J connectivity index is 1.36. The smallest absolute Gasteiger partial charge is 0.294 e. The number of hydrogen-bond donors (Lipinski definition) is 2. The Morgan fingerprint density at radius 1 is 0.729 bits per heavy atom. The molecule has 0 saturated heterocycles. The third kappa shape index (κ3) is 5.55. The van der Waals surface area contributed by atoms with E-state index in [9.17, 15) is 25.9 Å². The van der Waals surface area contributed by atoms with Crippen molar-refractivity contribution in [3.63, 3.8) is 0 Å². The molecule has 0 spiro atoms. The molecule has 48 heavy (non-hydrogen) atoms. The molecular weight excluding hydrogens is 668 g/mol. The van der Waals surface area contributed by atoms with Crippen LogP contribution in [0.1, 0.15) is 29.5 Å². The number of aryl methyl sites for hydroxylation is 1. The molecule has 0 saturated carbocycles. The number of para-hydroxylation sites is 2. The summed E-state index contributed by atoms with van der Waals surface area (Å²) in [5.74, 6) is 0. The minimum Gasteiger partial charge on any atom is -0.344 e. The summed E-state index contributed by atoms with van der Waals surface area (Å²) in [6, 6.07) is 25.0. The summed E-state index contributed by atoms with van der Waals surface area (Å²) in [5.41, 5.74) is 9.19. The van der Waals surface area contributed by atoms with Crippen LogP contribution in [-0.2, 0) is 27.3 Å². The predicted molar refractivity (Wildman–Crippen MR) is 190 cm³/mol. The maximum atomic E-state index is 12.1. The molecule has 0 radical (unpaired) electrons. The van der Waals surface area contributed by atoms with E-state index < -0.39 is 20.2 Å². The van der Waals surface area contributed by atoms with Crippen LogP contribution >= 0.6 is 11.6 Å². The molecule has 0 amide bonds. The van der Waals surface area contributed by atoms with Crippen LogP contribution in [0.3, 0.4) is 0 Å². The zero-order valence-corrected chi connectivity index (χ0v) is 28.3. The van der Waals surface area contributed by atoms with Gasteiger partial charge in [0.25, 0.3) is 20.2 Å². The molecule has 0 atom stereocenters. The van der Waals surface area contributed by atoms with Gasteiger partial charge in [0.1, 0.15) is 7.05 Å². The fourth-order valence-corrected chi connectivity index (χ4v) is 7.97. The highest BCUT2D eigenvalue weighted by Crippen LogP contribution is 2.44. The summed E-state index contributed by atoms with van der Waals surface area (Å²) in [7, 11) is -5.22. The molecule has 2 heterocycles. The van der Waals surface area contributed by atoms with Crippen LogP contribution in [0.15, 0.2) is 129 Å². The molecule has 7 rings (SSSR count). The van der Waals surface area contributed by atoms with Crippen LogP contribution in [0.5, 0.6) is 0 Å². The summed E-state index contributed by atoms with van der Waals surface area (Å²) in [6.45, 7) is 0. The zero-order valence-electron chi connectivity index (χ0n) is 25.9. The number of benzene rings is 4. The first kappa shape index (κ1) is 32.0. The van der Waals surface area contributed by atoms with Crippen LogP contribution in [0.4, 0.5) is 11.4 Å². The number of allylic oxidation sites excluding steroid dienone is 6. The Kier molecular flexibility index (Phi) is 7.89. The van der Waals surface area contributed by atoms with E-state index in [2.05, 4.69) is 48.4 Å². The topological polar surface area (TPSA) is 116 Å². The second-order valence-electron chi connectivity index (χ2n) is 11.8. The number of rotatable bonds is 5. The van der Waals surface area contributed by atoms with Gasteiger partial charge in [-0.25, -0.2) is 0 Å². The number of halogens is 1. The molecule has 1 aliphatic heterocycles. The standard InChI is InChI=1S/C37H29ClN2O6S2/c1-39-33-9-5-3-7-29(33)27(30-8-4-6-10-34(30)39)17-13-23-11-12-24(37(23)38)14-18-28-31-21-25(47(41,42)43)15-19-35(31)40(2)36-20-16-26(22-32(28)36)48(44,45)46/h3-10,13-22H,11-12H2,1-2H3,(H-,41,42,43,44,45,46)/p+1. The molecule has 2 aliphatic rings. The second-order valence-corrected chi connectivity index (χ2v) is 15.0. The van der Waals surface area contributed by atoms with Gasteiger partial charge in [0.2, 0.25) is 11.0 Å². The van der Waals surface area contributed by atoms with E-state index in [-0.39, 0.29) is 9.79 Å². The molecule has 0 unspecified atom stereocenters. The summed E-state index contributed by atoms with van der Waals surface area (Å²) in [4.78, 5) is 1.58. The zero-order chi connectivity index (χ0) is 34.0. The van der Waals surface area contributed by atoms with Crippen LogP contribution in [0.2, 0.25) is 0 Å². The third-order valence-corrected chi connectivity index (χ3v) is 11.3. The maximum Gasteiger partial charge on any atom is 0.294 e. The van der Waals surface area contributed by atoms with Crippen LogP contribution in [0, 0.1) is 0 Å². The first-order valence-electron chi connectivity index (χ1n) is 15.1. The van der Waals surface area contributed by atoms with E-state index in [0.29, 0.717) is 45.2 Å². The van der Waals surface area contributed by atoms with Crippen molar-refractivity contribution in [1.82, 2.24) is 0 Å². The Labute approximate surface area is 283 Å². The van der Waals surface area contributed by atoms with Gasteiger partial charge in [-0.05, 0) is 66.0 Å². The Hall–Kier alpha value is -4.58. The van der Waals surface area contributed by atoms with E-state index in [1.54, 1.807) is 29.8 Å². The second kappa shape index (κ2) is 11.8. The van der Waals surface area contributed by atoms with Gasteiger partial charge in [0.15, 0.2) is 0 Å². The quantitative estimate of drug-likeness (QED) is 0.110. The number of hydrogen-bond acceptors (Lipinski definition) is 5. The molecule has 4 aromatic carbocycles. The summed E-state index contributed by atoms with van der Waals surface area (Å²) in [5, 5.41) is 1.52. The van der Waals surface area contributed by atoms with Crippen molar-refractivity contribution < 1.29 is 30.5 Å². The lowest BCUT2D eigenvalue weighted by Crippen LogP contribution is -2.30. The van der Waals surface area contributed by atoms with Gasteiger partial charge in [-0.2, -0.15) is 21.4 Å². The van der Waals surface area contributed by atoms with Gasteiger partial charge in [-0.1, -0.05) is 72.3 Å². The number of aromatic nitrogens is 1. The van der Waals surface area contributed by atoms with Gasteiger partial charge in [0.05, 0.1) is 20.6 Å². The van der Waals surface area contributed by atoms with E-state index in [0.717, 1.165) is 39.2 Å². The van der Waals surface area contributed by atoms with E-state index >= 15 is 0 Å². The van der Waals surface area contributed by atoms with Crippen LogP contribution in [0.25, 0.3) is 33.5 Å². The van der Waals surface area contributed by atoms with Crippen molar-refractivity contribution >= 4 is 76.7 Å². The normalized spacial score (nSPS) is 16.0. The molecule has 8 nitrogen and oxygen atoms in total. The lowest BCUT2D eigenvalue weighted by atomic mass is 9.90. The van der Waals surface area contributed by atoms with E-state index in [1.807, 2.05) is 30.3 Å². The average molecular weight is 698 g/mol. The van der Waals surface area contributed by atoms with E-state index in [1.165, 1.54) is 24.3 Å². The van der Waals surface area contributed by atoms with Crippen molar-refractivity contribution in [3.05, 3.63) is 136 Å². The molecule has 1 aliphatic carbocycles. The highest BCUT2D eigenvalue weighted by Gasteiger charge is 2.25. The van der Waals surface area contributed by atoms with Crippen LogP contribution < -0.4 is 9.47 Å². The number of fused-ring (bicyclic) bond motifs is 4. The molecule has 0 bridgehead atoms. The predicted octanol–water partition coefficient (Wildman–Crippen LogP) is 7.75. The number of anilines is 2. The largest absolute Gasteiger partial charge is 0.344 e. The van der Waals surface area contributed by atoms with Crippen molar-refractivity contribution in [2.45, 2.75) is 22.6 Å². The van der Waals surface area contributed by atoms with Gasteiger partial charge < -0.3 is 4.90 Å². The summed E-state index contributed by atoms with van der Waals surface area (Å²) < 4.78 is 69.7. The van der Waals surface area contributed by atoms with Gasteiger partial charge in [-0.15, -0.1) is 0 Å². The fraction of sp³-hybridized carbons (Fsp3) is 0.108. The van der Waals surface area contributed by atoms with Gasteiger partial charge in [0, 0.05) is 52.3 Å². The molecule has 0 fully saturated rings. The number of pyridine rings is 1. The summed E-state index contributed by atoms with van der Waals surface area (Å²) in [6.07, 6.45) is 9.15. The average Bonchev–Trinajstić information content (AvgIpc) is 3.42. The summed E-state index contributed by atoms with van der Waals surface area (Å²) >= 11 is 6.98. The molecule has 11 heteroatoms. The highest BCUT2D eigenvalue weighted by atomic mass is 35.5. The molecular formula is C37H30ClN2O6S2+. The molecule has 5 aromatic rings.